The zero-order valence-electron chi connectivity index (χ0n) is 13.9. The van der Waals surface area contributed by atoms with Crippen LogP contribution in [0.4, 0.5) is 11.4 Å². The minimum absolute atomic E-state index is 0.110. The summed E-state index contributed by atoms with van der Waals surface area (Å²) in [7, 11) is 3.37. The molecule has 0 aromatic heterocycles. The van der Waals surface area contributed by atoms with Crippen molar-refractivity contribution in [3.63, 3.8) is 0 Å². The van der Waals surface area contributed by atoms with Gasteiger partial charge >= 0.3 is 0 Å². The molecule has 0 aliphatic rings. The number of rotatable bonds is 5. The van der Waals surface area contributed by atoms with E-state index in [0.29, 0.717) is 16.3 Å². The fourth-order valence-corrected chi connectivity index (χ4v) is 2.42. The Labute approximate surface area is 146 Å². The molecule has 0 radical (unpaired) electrons. The van der Waals surface area contributed by atoms with Crippen LogP contribution in [0.3, 0.4) is 0 Å². The van der Waals surface area contributed by atoms with E-state index in [2.05, 4.69) is 10.6 Å². The van der Waals surface area contributed by atoms with Crippen LogP contribution in [0.2, 0.25) is 5.02 Å². The van der Waals surface area contributed by atoms with Crippen LogP contribution >= 0.6 is 11.6 Å². The highest BCUT2D eigenvalue weighted by molar-refractivity contribution is 6.30. The summed E-state index contributed by atoms with van der Waals surface area (Å²) in [6.07, 6.45) is 0. The van der Waals surface area contributed by atoms with Crippen molar-refractivity contribution in [3.8, 4) is 0 Å². The van der Waals surface area contributed by atoms with Crippen molar-refractivity contribution in [3.05, 3.63) is 58.6 Å². The van der Waals surface area contributed by atoms with Crippen molar-refractivity contribution >= 4 is 34.8 Å². The largest absolute Gasteiger partial charge is 0.376 e. The number of benzene rings is 2. The van der Waals surface area contributed by atoms with Crippen LogP contribution in [-0.2, 0) is 4.79 Å². The summed E-state index contributed by atoms with van der Waals surface area (Å²) in [5.74, 6) is -0.306. The molecule has 0 saturated heterocycles. The van der Waals surface area contributed by atoms with E-state index < -0.39 is 0 Å². The highest BCUT2D eigenvalue weighted by Crippen LogP contribution is 2.19. The van der Waals surface area contributed by atoms with E-state index in [4.69, 9.17) is 11.6 Å². The molecule has 0 unspecified atom stereocenters. The predicted molar refractivity (Wildman–Crippen MR) is 97.8 cm³/mol. The van der Waals surface area contributed by atoms with Gasteiger partial charge in [-0.3, -0.25) is 9.59 Å². The number of nitrogens with zero attached hydrogens (tertiary/aromatic N) is 1. The summed E-state index contributed by atoms with van der Waals surface area (Å²) in [6.45, 7) is 2.04. The molecule has 2 aromatic rings. The van der Waals surface area contributed by atoms with Gasteiger partial charge in [-0.15, -0.1) is 0 Å². The molecule has 0 bridgehead atoms. The van der Waals surface area contributed by atoms with Gasteiger partial charge in [-0.05, 0) is 48.9 Å². The first kappa shape index (κ1) is 17.8. The fraction of sp³-hybridized carbons (Fsp3) is 0.222. The lowest BCUT2D eigenvalue weighted by molar-refractivity contribution is -0.114. The Morgan fingerprint density at radius 3 is 2.54 bits per heavy atom. The van der Waals surface area contributed by atoms with Crippen LogP contribution < -0.4 is 10.6 Å². The molecule has 6 heteroatoms. The van der Waals surface area contributed by atoms with Gasteiger partial charge in [0.2, 0.25) is 5.91 Å². The number of carbonyl (C=O) groups is 2. The molecule has 2 aromatic carbocycles. The number of aryl methyl sites for hydroxylation is 1. The number of hydrogen-bond acceptors (Lipinski definition) is 3. The molecule has 2 rings (SSSR count). The Morgan fingerprint density at radius 2 is 1.88 bits per heavy atom. The Morgan fingerprint density at radius 1 is 1.12 bits per heavy atom. The fourth-order valence-electron chi connectivity index (χ4n) is 2.19. The van der Waals surface area contributed by atoms with Gasteiger partial charge in [-0.2, -0.15) is 0 Å². The monoisotopic (exact) mass is 345 g/mol. The Bertz CT molecular complexity index is 760. The van der Waals surface area contributed by atoms with Gasteiger partial charge in [0.15, 0.2) is 0 Å². The summed E-state index contributed by atoms with van der Waals surface area (Å²) in [5, 5.41) is 6.51. The highest BCUT2D eigenvalue weighted by atomic mass is 35.5. The molecule has 0 spiro atoms. The van der Waals surface area contributed by atoms with Crippen LogP contribution in [0.5, 0.6) is 0 Å². The van der Waals surface area contributed by atoms with E-state index >= 15 is 0 Å². The second-order valence-corrected chi connectivity index (χ2v) is 6.08. The van der Waals surface area contributed by atoms with Crippen LogP contribution in [-0.4, -0.2) is 37.4 Å². The standard InChI is InChI=1S/C18H20ClN3O2/c1-12-9-14(19)7-8-16(12)20-11-17(23)21-15-6-4-5-13(10-15)18(24)22(2)3/h4-10,20H,11H2,1-3H3,(H,21,23). The first-order valence-electron chi connectivity index (χ1n) is 7.48. The average Bonchev–Trinajstić information content (AvgIpc) is 2.53. The highest BCUT2D eigenvalue weighted by Gasteiger charge is 2.09. The molecule has 0 heterocycles. The zero-order chi connectivity index (χ0) is 17.7. The van der Waals surface area contributed by atoms with E-state index in [1.807, 2.05) is 19.1 Å². The van der Waals surface area contributed by atoms with Crippen LogP contribution in [0.15, 0.2) is 42.5 Å². The molecule has 0 saturated carbocycles. The molecule has 24 heavy (non-hydrogen) atoms. The molecule has 0 aliphatic heterocycles. The molecule has 5 nitrogen and oxygen atoms in total. The van der Waals surface area contributed by atoms with Crippen LogP contribution in [0.1, 0.15) is 15.9 Å². The molecule has 0 fully saturated rings. The first-order valence-corrected chi connectivity index (χ1v) is 7.86. The summed E-state index contributed by atoms with van der Waals surface area (Å²) in [6, 6.07) is 12.3. The van der Waals surface area contributed by atoms with Gasteiger partial charge in [-0.25, -0.2) is 0 Å². The third kappa shape index (κ3) is 4.73. The van der Waals surface area contributed by atoms with Gasteiger partial charge in [0.05, 0.1) is 6.54 Å². The van der Waals surface area contributed by atoms with Crippen molar-refractivity contribution in [2.24, 2.45) is 0 Å². The zero-order valence-corrected chi connectivity index (χ0v) is 14.6. The number of anilines is 2. The molecular weight excluding hydrogens is 326 g/mol. The topological polar surface area (TPSA) is 61.4 Å². The average molecular weight is 346 g/mol. The van der Waals surface area contributed by atoms with Crippen molar-refractivity contribution in [1.82, 2.24) is 4.90 Å². The van der Waals surface area contributed by atoms with E-state index in [1.54, 1.807) is 44.4 Å². The summed E-state index contributed by atoms with van der Waals surface area (Å²) >= 11 is 5.91. The smallest absolute Gasteiger partial charge is 0.253 e. The maximum atomic E-state index is 12.1. The van der Waals surface area contributed by atoms with Gasteiger partial charge < -0.3 is 15.5 Å². The summed E-state index contributed by atoms with van der Waals surface area (Å²) in [5.41, 5.74) is 2.93. The predicted octanol–water partition coefficient (Wildman–Crippen LogP) is 3.40. The SMILES string of the molecule is Cc1cc(Cl)ccc1NCC(=O)Nc1cccc(C(=O)N(C)C)c1. The van der Waals surface area contributed by atoms with Gasteiger partial charge in [0.25, 0.3) is 5.91 Å². The Hall–Kier alpha value is -2.53. The Balaban J connectivity index is 1.97. The van der Waals surface area contributed by atoms with Crippen LogP contribution in [0, 0.1) is 6.92 Å². The maximum Gasteiger partial charge on any atom is 0.253 e. The van der Waals surface area contributed by atoms with Crippen molar-refractivity contribution in [2.75, 3.05) is 31.3 Å². The minimum atomic E-state index is -0.196. The number of carbonyl (C=O) groups excluding carboxylic acids is 2. The third-order valence-corrected chi connectivity index (χ3v) is 3.66. The molecule has 2 amide bonds. The van der Waals surface area contributed by atoms with E-state index in [-0.39, 0.29) is 18.4 Å². The lowest BCUT2D eigenvalue weighted by Gasteiger charge is -2.12. The number of nitrogens with one attached hydrogen (secondary N) is 2. The number of hydrogen-bond donors (Lipinski definition) is 2. The quantitative estimate of drug-likeness (QED) is 0.873. The minimum Gasteiger partial charge on any atom is -0.376 e. The van der Waals surface area contributed by atoms with Gasteiger partial charge in [-0.1, -0.05) is 17.7 Å². The maximum absolute atomic E-state index is 12.1. The second kappa shape index (κ2) is 7.84. The third-order valence-electron chi connectivity index (χ3n) is 3.43. The van der Waals surface area contributed by atoms with E-state index in [1.165, 1.54) is 4.90 Å². The van der Waals surface area contributed by atoms with E-state index in [9.17, 15) is 9.59 Å². The molecule has 0 aliphatic carbocycles. The normalized spacial score (nSPS) is 10.2. The molecular formula is C18H20ClN3O2. The summed E-state index contributed by atoms with van der Waals surface area (Å²) in [4.78, 5) is 25.5. The summed E-state index contributed by atoms with van der Waals surface area (Å²) < 4.78 is 0. The molecule has 2 N–H and O–H groups in total. The lowest BCUT2D eigenvalue weighted by Crippen LogP contribution is -2.23. The number of amides is 2. The van der Waals surface area contributed by atoms with Gasteiger partial charge in [0, 0.05) is 36.1 Å². The van der Waals surface area contributed by atoms with Crippen molar-refractivity contribution in [2.45, 2.75) is 6.92 Å². The van der Waals surface area contributed by atoms with Crippen molar-refractivity contribution in [1.29, 1.82) is 0 Å². The van der Waals surface area contributed by atoms with Gasteiger partial charge in [0.1, 0.15) is 0 Å². The second-order valence-electron chi connectivity index (χ2n) is 5.64. The van der Waals surface area contributed by atoms with Crippen LogP contribution in [0.25, 0.3) is 0 Å². The van der Waals surface area contributed by atoms with E-state index in [0.717, 1.165) is 11.3 Å². The number of halogens is 1. The molecule has 0 atom stereocenters. The van der Waals surface area contributed by atoms with Crippen molar-refractivity contribution < 1.29 is 9.59 Å². The lowest BCUT2D eigenvalue weighted by atomic mass is 10.2. The Kier molecular flexibility index (Phi) is 5.82. The first-order chi connectivity index (χ1) is 11.4. The molecule has 126 valence electrons.